The normalized spacial score (nSPS) is 14.4. The Morgan fingerprint density at radius 1 is 1.47 bits per heavy atom. The van der Waals surface area contributed by atoms with Gasteiger partial charge in [-0.05, 0) is 25.0 Å². The molecule has 1 fully saturated rings. The lowest BCUT2D eigenvalue weighted by Crippen LogP contribution is -1.98. The van der Waals surface area contributed by atoms with Crippen LogP contribution in [0, 0.1) is 10.1 Å². The van der Waals surface area contributed by atoms with Gasteiger partial charge in [0.1, 0.15) is 6.33 Å². The SMILES string of the molecule is COc1cc(-c2nncn2C2CC2)ccc1[N+](=O)[O-]. The van der Waals surface area contributed by atoms with Gasteiger partial charge in [0.05, 0.1) is 12.0 Å². The van der Waals surface area contributed by atoms with E-state index < -0.39 is 4.92 Å². The number of ether oxygens (including phenoxy) is 1. The Balaban J connectivity index is 2.05. The third-order valence-electron chi connectivity index (χ3n) is 3.15. The van der Waals surface area contributed by atoms with E-state index in [1.807, 2.05) is 4.57 Å². The van der Waals surface area contributed by atoms with Gasteiger partial charge in [-0.25, -0.2) is 0 Å². The molecule has 1 aliphatic carbocycles. The molecule has 0 N–H and O–H groups in total. The molecule has 1 aromatic heterocycles. The van der Waals surface area contributed by atoms with Crippen LogP contribution in [0.15, 0.2) is 24.5 Å². The van der Waals surface area contributed by atoms with Crippen molar-refractivity contribution in [3.8, 4) is 17.1 Å². The van der Waals surface area contributed by atoms with Crippen LogP contribution in [0.25, 0.3) is 11.4 Å². The highest BCUT2D eigenvalue weighted by Crippen LogP contribution is 2.38. The van der Waals surface area contributed by atoms with Crippen LogP contribution < -0.4 is 4.74 Å². The Morgan fingerprint density at radius 2 is 2.26 bits per heavy atom. The summed E-state index contributed by atoms with van der Waals surface area (Å²) < 4.78 is 7.06. The minimum atomic E-state index is -0.464. The topological polar surface area (TPSA) is 83.1 Å². The quantitative estimate of drug-likeness (QED) is 0.621. The van der Waals surface area contributed by atoms with Gasteiger partial charge >= 0.3 is 5.69 Å². The third kappa shape index (κ3) is 2.03. The maximum absolute atomic E-state index is 10.9. The fourth-order valence-electron chi connectivity index (χ4n) is 2.04. The molecule has 0 spiro atoms. The summed E-state index contributed by atoms with van der Waals surface area (Å²) in [6, 6.07) is 5.18. The summed E-state index contributed by atoms with van der Waals surface area (Å²) in [7, 11) is 1.41. The molecule has 7 nitrogen and oxygen atoms in total. The molecule has 19 heavy (non-hydrogen) atoms. The van der Waals surface area contributed by atoms with Crippen LogP contribution in [-0.4, -0.2) is 26.8 Å². The van der Waals surface area contributed by atoms with Crippen LogP contribution in [0.2, 0.25) is 0 Å². The third-order valence-corrected chi connectivity index (χ3v) is 3.15. The second kappa shape index (κ2) is 4.34. The van der Waals surface area contributed by atoms with Gasteiger partial charge < -0.3 is 9.30 Å². The zero-order chi connectivity index (χ0) is 13.4. The summed E-state index contributed by atoms with van der Waals surface area (Å²) in [5.74, 6) is 0.948. The predicted molar refractivity (Wildman–Crippen MR) is 66.9 cm³/mol. The van der Waals surface area contributed by atoms with Crippen LogP contribution in [0.4, 0.5) is 5.69 Å². The zero-order valence-corrected chi connectivity index (χ0v) is 10.3. The first-order valence-corrected chi connectivity index (χ1v) is 5.93. The molecule has 0 saturated heterocycles. The molecule has 98 valence electrons. The summed E-state index contributed by atoms with van der Waals surface area (Å²) >= 11 is 0. The van der Waals surface area contributed by atoms with E-state index in [-0.39, 0.29) is 11.4 Å². The Bertz CT molecular complexity index is 634. The number of nitro groups is 1. The summed E-state index contributed by atoms with van der Waals surface area (Å²) in [6.07, 6.45) is 3.94. The molecule has 0 atom stereocenters. The first-order chi connectivity index (χ1) is 9.20. The van der Waals surface area contributed by atoms with Crippen molar-refractivity contribution in [2.75, 3.05) is 7.11 Å². The molecule has 1 aliphatic rings. The van der Waals surface area contributed by atoms with E-state index in [4.69, 9.17) is 4.74 Å². The molecule has 0 unspecified atom stereocenters. The van der Waals surface area contributed by atoms with E-state index in [2.05, 4.69) is 10.2 Å². The fourth-order valence-corrected chi connectivity index (χ4v) is 2.04. The Labute approximate surface area is 109 Å². The van der Waals surface area contributed by atoms with E-state index in [1.54, 1.807) is 18.5 Å². The highest BCUT2D eigenvalue weighted by molar-refractivity contribution is 5.63. The molecule has 2 aromatic rings. The second-order valence-corrected chi connectivity index (χ2v) is 4.44. The van der Waals surface area contributed by atoms with E-state index in [0.717, 1.165) is 24.2 Å². The van der Waals surface area contributed by atoms with Gasteiger partial charge in [0.15, 0.2) is 11.6 Å². The average molecular weight is 260 g/mol. The minimum Gasteiger partial charge on any atom is -0.490 e. The van der Waals surface area contributed by atoms with Crippen molar-refractivity contribution < 1.29 is 9.66 Å². The summed E-state index contributed by atoms with van der Waals surface area (Å²) in [5.41, 5.74) is 0.718. The van der Waals surface area contributed by atoms with Crippen LogP contribution in [-0.2, 0) is 0 Å². The Morgan fingerprint density at radius 3 is 2.89 bits per heavy atom. The Kier molecular flexibility index (Phi) is 2.66. The lowest BCUT2D eigenvalue weighted by Gasteiger charge is -2.06. The van der Waals surface area contributed by atoms with Crippen LogP contribution in [0.5, 0.6) is 5.75 Å². The number of rotatable bonds is 4. The molecule has 0 bridgehead atoms. The lowest BCUT2D eigenvalue weighted by atomic mass is 10.1. The summed E-state index contributed by atoms with van der Waals surface area (Å²) in [6.45, 7) is 0. The number of methoxy groups -OCH3 is 1. The first-order valence-electron chi connectivity index (χ1n) is 5.93. The standard InChI is InChI=1S/C12H12N4O3/c1-19-11-6-8(2-5-10(11)16(17)18)12-14-13-7-15(12)9-3-4-9/h2,5-7,9H,3-4H2,1H3. The van der Waals surface area contributed by atoms with Gasteiger partial charge in [-0.3, -0.25) is 10.1 Å². The minimum absolute atomic E-state index is 0.0521. The van der Waals surface area contributed by atoms with Crippen molar-refractivity contribution in [2.45, 2.75) is 18.9 Å². The van der Waals surface area contributed by atoms with Gasteiger partial charge in [0.25, 0.3) is 0 Å². The molecule has 3 rings (SSSR count). The first kappa shape index (κ1) is 11.6. The van der Waals surface area contributed by atoms with Gasteiger partial charge in [0, 0.05) is 17.7 Å². The second-order valence-electron chi connectivity index (χ2n) is 4.44. The zero-order valence-electron chi connectivity index (χ0n) is 10.3. The van der Waals surface area contributed by atoms with Gasteiger partial charge in [-0.1, -0.05) is 0 Å². The van der Waals surface area contributed by atoms with Crippen molar-refractivity contribution in [1.29, 1.82) is 0 Å². The fraction of sp³-hybridized carbons (Fsp3) is 0.333. The maximum atomic E-state index is 10.9. The average Bonchev–Trinajstić information content (AvgIpc) is 3.15. The van der Waals surface area contributed by atoms with Crippen molar-refractivity contribution in [3.63, 3.8) is 0 Å². The molecule has 1 saturated carbocycles. The number of nitrogens with zero attached hydrogens (tertiary/aromatic N) is 4. The monoisotopic (exact) mass is 260 g/mol. The van der Waals surface area contributed by atoms with E-state index in [0.29, 0.717) is 6.04 Å². The van der Waals surface area contributed by atoms with Crippen LogP contribution >= 0.6 is 0 Å². The molecular formula is C12H12N4O3. The summed E-state index contributed by atoms with van der Waals surface area (Å²) in [4.78, 5) is 10.4. The lowest BCUT2D eigenvalue weighted by molar-refractivity contribution is -0.385. The number of hydrogen-bond acceptors (Lipinski definition) is 5. The van der Waals surface area contributed by atoms with E-state index in [1.165, 1.54) is 13.2 Å². The van der Waals surface area contributed by atoms with E-state index in [9.17, 15) is 10.1 Å². The van der Waals surface area contributed by atoms with Crippen LogP contribution in [0.1, 0.15) is 18.9 Å². The molecular weight excluding hydrogens is 248 g/mol. The van der Waals surface area contributed by atoms with Crippen molar-refractivity contribution >= 4 is 5.69 Å². The molecule has 1 aromatic carbocycles. The molecule has 1 heterocycles. The number of benzene rings is 1. The number of hydrogen-bond donors (Lipinski definition) is 0. The van der Waals surface area contributed by atoms with Gasteiger partial charge in [-0.15, -0.1) is 10.2 Å². The molecule has 0 aliphatic heterocycles. The van der Waals surface area contributed by atoms with Gasteiger partial charge in [0.2, 0.25) is 0 Å². The molecule has 0 amide bonds. The number of aromatic nitrogens is 3. The molecule has 0 radical (unpaired) electrons. The van der Waals surface area contributed by atoms with Crippen molar-refractivity contribution in [3.05, 3.63) is 34.6 Å². The maximum Gasteiger partial charge on any atom is 0.310 e. The van der Waals surface area contributed by atoms with Gasteiger partial charge in [-0.2, -0.15) is 0 Å². The van der Waals surface area contributed by atoms with Crippen LogP contribution in [0.3, 0.4) is 0 Å². The predicted octanol–water partition coefficient (Wildman–Crippen LogP) is 2.20. The largest absolute Gasteiger partial charge is 0.490 e. The number of nitro benzene ring substituents is 1. The van der Waals surface area contributed by atoms with Crippen molar-refractivity contribution in [2.24, 2.45) is 0 Å². The van der Waals surface area contributed by atoms with E-state index >= 15 is 0 Å². The highest BCUT2D eigenvalue weighted by Gasteiger charge is 2.27. The highest BCUT2D eigenvalue weighted by atomic mass is 16.6. The van der Waals surface area contributed by atoms with Crippen molar-refractivity contribution in [1.82, 2.24) is 14.8 Å². The smallest absolute Gasteiger partial charge is 0.310 e. The Hall–Kier alpha value is -2.44. The summed E-state index contributed by atoms with van der Waals surface area (Å²) in [5, 5.41) is 18.9. The molecule has 7 heteroatoms.